The van der Waals surface area contributed by atoms with Gasteiger partial charge in [0.25, 0.3) is 0 Å². The van der Waals surface area contributed by atoms with E-state index in [1.165, 1.54) is 0 Å². The van der Waals surface area contributed by atoms with Crippen molar-refractivity contribution in [2.24, 2.45) is 0 Å². The summed E-state index contributed by atoms with van der Waals surface area (Å²) in [6.07, 6.45) is 0.913. The number of ether oxygens (including phenoxy) is 2. The van der Waals surface area contributed by atoms with E-state index in [0.717, 1.165) is 16.5 Å². The van der Waals surface area contributed by atoms with E-state index in [4.69, 9.17) is 14.6 Å². The van der Waals surface area contributed by atoms with Crippen LogP contribution in [0.15, 0.2) is 16.6 Å². The number of halogens is 1. The van der Waals surface area contributed by atoms with Crippen LogP contribution in [-0.2, 0) is 11.3 Å². The molecule has 1 rings (SSSR count). The lowest BCUT2D eigenvalue weighted by molar-refractivity contribution is -0.142. The first-order valence-electron chi connectivity index (χ1n) is 6.82. The number of carboxylic acids is 1. The summed E-state index contributed by atoms with van der Waals surface area (Å²) in [6.45, 7) is 4.82. The lowest BCUT2D eigenvalue weighted by atomic mass is 10.1. The van der Waals surface area contributed by atoms with Crippen LogP contribution in [0.1, 0.15) is 25.8 Å². The summed E-state index contributed by atoms with van der Waals surface area (Å²) in [5, 5.41) is 9.03. The summed E-state index contributed by atoms with van der Waals surface area (Å²) in [4.78, 5) is 12.8. The van der Waals surface area contributed by atoms with Gasteiger partial charge in [0.15, 0.2) is 11.5 Å². The molecule has 1 aromatic carbocycles. The summed E-state index contributed by atoms with van der Waals surface area (Å²) in [7, 11) is 3.37. The largest absolute Gasteiger partial charge is 0.493 e. The van der Waals surface area contributed by atoms with Gasteiger partial charge < -0.3 is 14.6 Å². The Morgan fingerprint density at radius 1 is 1.48 bits per heavy atom. The molecule has 0 bridgehead atoms. The predicted octanol–water partition coefficient (Wildman–Crippen LogP) is 3.15. The maximum absolute atomic E-state index is 11.0. The number of carbonyl (C=O) groups is 1. The molecule has 21 heavy (non-hydrogen) atoms. The molecule has 0 saturated heterocycles. The van der Waals surface area contributed by atoms with Crippen molar-refractivity contribution >= 4 is 21.9 Å². The number of likely N-dealkylation sites (N-methyl/N-ethyl adjacent to an activating group) is 1. The van der Waals surface area contributed by atoms with E-state index in [1.807, 2.05) is 19.1 Å². The molecule has 1 atom stereocenters. The second kappa shape index (κ2) is 8.24. The third-order valence-electron chi connectivity index (χ3n) is 3.19. The first-order valence-corrected chi connectivity index (χ1v) is 7.62. The van der Waals surface area contributed by atoms with Crippen molar-refractivity contribution in [3.63, 3.8) is 0 Å². The highest BCUT2D eigenvalue weighted by Gasteiger charge is 2.18. The summed E-state index contributed by atoms with van der Waals surface area (Å²) < 4.78 is 11.8. The van der Waals surface area contributed by atoms with Gasteiger partial charge in [0.1, 0.15) is 6.04 Å². The third-order valence-corrected chi connectivity index (χ3v) is 3.78. The van der Waals surface area contributed by atoms with Gasteiger partial charge in [-0.3, -0.25) is 9.69 Å². The standard InChI is InChI=1S/C15H22BrNO4/c1-5-6-21-14-12(16)7-11(8-13(14)20-4)9-17(3)10(2)15(18)19/h7-8,10H,5-6,9H2,1-4H3,(H,18,19). The molecule has 6 heteroatoms. The minimum atomic E-state index is -0.841. The Morgan fingerprint density at radius 3 is 2.67 bits per heavy atom. The fourth-order valence-electron chi connectivity index (χ4n) is 1.82. The Kier molecular flexibility index (Phi) is 6.98. The number of nitrogens with zero attached hydrogens (tertiary/aromatic N) is 1. The van der Waals surface area contributed by atoms with Crippen molar-refractivity contribution in [3.8, 4) is 11.5 Å². The van der Waals surface area contributed by atoms with E-state index >= 15 is 0 Å². The number of rotatable bonds is 8. The third kappa shape index (κ3) is 4.89. The van der Waals surface area contributed by atoms with E-state index in [1.54, 1.807) is 26.0 Å². The summed E-state index contributed by atoms with van der Waals surface area (Å²) in [5.74, 6) is 0.479. The van der Waals surface area contributed by atoms with Crippen LogP contribution >= 0.6 is 15.9 Å². The highest BCUT2D eigenvalue weighted by molar-refractivity contribution is 9.10. The highest BCUT2D eigenvalue weighted by atomic mass is 79.9. The molecule has 0 radical (unpaired) electrons. The molecule has 118 valence electrons. The zero-order valence-corrected chi connectivity index (χ0v) is 14.4. The van der Waals surface area contributed by atoms with Gasteiger partial charge in [-0.05, 0) is 54.0 Å². The van der Waals surface area contributed by atoms with E-state index in [2.05, 4.69) is 15.9 Å². The highest BCUT2D eigenvalue weighted by Crippen LogP contribution is 2.37. The molecule has 0 heterocycles. The molecule has 0 aromatic heterocycles. The molecule has 0 aliphatic carbocycles. The van der Waals surface area contributed by atoms with Crippen molar-refractivity contribution in [2.45, 2.75) is 32.9 Å². The lowest BCUT2D eigenvalue weighted by Crippen LogP contribution is -2.35. The number of methoxy groups -OCH3 is 1. The first kappa shape index (κ1) is 17.8. The van der Waals surface area contributed by atoms with Gasteiger partial charge >= 0.3 is 5.97 Å². The van der Waals surface area contributed by atoms with Crippen LogP contribution in [0, 0.1) is 0 Å². The Labute approximate surface area is 134 Å². The fraction of sp³-hybridized carbons (Fsp3) is 0.533. The van der Waals surface area contributed by atoms with E-state index in [0.29, 0.717) is 24.7 Å². The van der Waals surface area contributed by atoms with E-state index in [-0.39, 0.29) is 0 Å². The van der Waals surface area contributed by atoms with E-state index in [9.17, 15) is 4.79 Å². The summed E-state index contributed by atoms with van der Waals surface area (Å²) in [5.41, 5.74) is 0.957. The Bertz CT molecular complexity index is 493. The first-order chi connectivity index (χ1) is 9.90. The smallest absolute Gasteiger partial charge is 0.320 e. The van der Waals surface area contributed by atoms with Crippen molar-refractivity contribution in [1.82, 2.24) is 4.90 Å². The minimum Gasteiger partial charge on any atom is -0.493 e. The second-order valence-electron chi connectivity index (χ2n) is 4.89. The van der Waals surface area contributed by atoms with Gasteiger partial charge in [-0.25, -0.2) is 0 Å². The Hall–Kier alpha value is -1.27. The lowest BCUT2D eigenvalue weighted by Gasteiger charge is -2.22. The topological polar surface area (TPSA) is 59.0 Å². The normalized spacial score (nSPS) is 12.3. The molecular formula is C15H22BrNO4. The quantitative estimate of drug-likeness (QED) is 0.772. The van der Waals surface area contributed by atoms with Crippen LogP contribution in [0.25, 0.3) is 0 Å². The molecule has 1 aromatic rings. The number of aliphatic carboxylic acids is 1. The molecule has 0 saturated carbocycles. The molecule has 1 unspecified atom stereocenters. The molecule has 0 spiro atoms. The summed E-state index contributed by atoms with van der Waals surface area (Å²) in [6, 6.07) is 3.25. The van der Waals surface area contributed by atoms with Gasteiger partial charge in [0.2, 0.25) is 0 Å². The molecule has 5 nitrogen and oxygen atoms in total. The molecule has 0 aliphatic heterocycles. The van der Waals surface area contributed by atoms with Crippen LogP contribution in [0.3, 0.4) is 0 Å². The second-order valence-corrected chi connectivity index (χ2v) is 5.74. The van der Waals surface area contributed by atoms with Crippen molar-refractivity contribution in [2.75, 3.05) is 20.8 Å². The Balaban J connectivity index is 2.95. The van der Waals surface area contributed by atoms with Crippen molar-refractivity contribution in [1.29, 1.82) is 0 Å². The number of benzene rings is 1. The van der Waals surface area contributed by atoms with Crippen molar-refractivity contribution < 1.29 is 19.4 Å². The van der Waals surface area contributed by atoms with Crippen molar-refractivity contribution in [3.05, 3.63) is 22.2 Å². The molecule has 0 aliphatic rings. The minimum absolute atomic E-state index is 0.510. The van der Waals surface area contributed by atoms with Gasteiger partial charge in [-0.15, -0.1) is 0 Å². The zero-order valence-electron chi connectivity index (χ0n) is 12.9. The van der Waals surface area contributed by atoms with Crippen LogP contribution in [0.4, 0.5) is 0 Å². The molecule has 0 amide bonds. The maximum atomic E-state index is 11.0. The molecular weight excluding hydrogens is 338 g/mol. The number of hydrogen-bond acceptors (Lipinski definition) is 4. The van der Waals surface area contributed by atoms with Gasteiger partial charge in [0, 0.05) is 6.54 Å². The zero-order chi connectivity index (χ0) is 16.0. The van der Waals surface area contributed by atoms with Gasteiger partial charge in [-0.2, -0.15) is 0 Å². The number of hydrogen-bond donors (Lipinski definition) is 1. The average Bonchev–Trinajstić information content (AvgIpc) is 2.44. The molecule has 0 fully saturated rings. The van der Waals surface area contributed by atoms with Gasteiger partial charge in [0.05, 0.1) is 18.2 Å². The van der Waals surface area contributed by atoms with Crippen LogP contribution < -0.4 is 9.47 Å². The van der Waals surface area contributed by atoms with E-state index < -0.39 is 12.0 Å². The van der Waals surface area contributed by atoms with Crippen LogP contribution in [0.2, 0.25) is 0 Å². The van der Waals surface area contributed by atoms with Crippen LogP contribution in [-0.4, -0.2) is 42.8 Å². The van der Waals surface area contributed by atoms with Crippen LogP contribution in [0.5, 0.6) is 11.5 Å². The fourth-order valence-corrected chi connectivity index (χ4v) is 2.43. The molecule has 1 N–H and O–H groups in total. The number of carboxylic acid groups (broad SMARTS) is 1. The SMILES string of the molecule is CCCOc1c(Br)cc(CN(C)C(C)C(=O)O)cc1OC. The van der Waals surface area contributed by atoms with Gasteiger partial charge in [-0.1, -0.05) is 6.92 Å². The Morgan fingerprint density at radius 2 is 2.14 bits per heavy atom. The predicted molar refractivity (Wildman–Crippen MR) is 85.0 cm³/mol. The maximum Gasteiger partial charge on any atom is 0.320 e. The average molecular weight is 360 g/mol. The summed E-state index contributed by atoms with van der Waals surface area (Å²) >= 11 is 3.49. The monoisotopic (exact) mass is 359 g/mol.